The fourth-order valence-corrected chi connectivity index (χ4v) is 3.06. The Morgan fingerprint density at radius 3 is 2.88 bits per heavy atom. The minimum Gasteiger partial charge on any atom is -0.428 e. The van der Waals surface area contributed by atoms with E-state index in [0.717, 1.165) is 10.1 Å². The first-order valence-electron chi connectivity index (χ1n) is 7.85. The van der Waals surface area contributed by atoms with Gasteiger partial charge in [0.2, 0.25) is 11.8 Å². The maximum Gasteiger partial charge on any atom is 0.307 e. The van der Waals surface area contributed by atoms with Gasteiger partial charge in [0, 0.05) is 13.3 Å². The number of hydroxylamine groups is 2. The summed E-state index contributed by atoms with van der Waals surface area (Å²) >= 11 is 0. The summed E-state index contributed by atoms with van der Waals surface area (Å²) in [6, 6.07) is 0. The van der Waals surface area contributed by atoms with Crippen molar-refractivity contribution in [3.63, 3.8) is 0 Å². The van der Waals surface area contributed by atoms with Gasteiger partial charge >= 0.3 is 5.97 Å². The van der Waals surface area contributed by atoms with Crippen LogP contribution in [0.15, 0.2) is 23.6 Å². The number of aliphatic hydroxyl groups is 1. The zero-order valence-corrected chi connectivity index (χ0v) is 13.6. The SMILES string of the molecule is CC(=O)OC1=C(N)C=CC2C(=O)N(C3CCON(CCO)O3)C(=O)C12. The lowest BCUT2D eigenvalue weighted by Gasteiger charge is -2.34. The Hall–Kier alpha value is -2.27. The van der Waals surface area contributed by atoms with Crippen molar-refractivity contribution in [3.05, 3.63) is 23.6 Å². The zero-order chi connectivity index (χ0) is 18.1. The fraction of sp³-hybridized carbons (Fsp3) is 0.533. The maximum absolute atomic E-state index is 12.9. The third kappa shape index (κ3) is 3.16. The Kier molecular flexibility index (Phi) is 4.86. The Morgan fingerprint density at radius 1 is 1.44 bits per heavy atom. The summed E-state index contributed by atoms with van der Waals surface area (Å²) in [6.07, 6.45) is 2.40. The standard InChI is InChI=1S/C15H19N3O7/c1-8(20)24-13-10(16)3-2-9-12(13)15(22)18(14(9)21)11-4-7-23-17(25-11)5-6-19/h2-3,9,11-12,19H,4-7,16H2,1H3. The zero-order valence-electron chi connectivity index (χ0n) is 13.6. The van der Waals surface area contributed by atoms with Crippen LogP contribution in [0, 0.1) is 11.8 Å². The van der Waals surface area contributed by atoms with Crippen molar-refractivity contribution in [3.8, 4) is 0 Å². The van der Waals surface area contributed by atoms with Crippen LogP contribution >= 0.6 is 0 Å². The van der Waals surface area contributed by atoms with Gasteiger partial charge in [-0.1, -0.05) is 11.3 Å². The summed E-state index contributed by atoms with van der Waals surface area (Å²) in [6.45, 7) is 1.28. The van der Waals surface area contributed by atoms with Gasteiger partial charge in [0.1, 0.15) is 11.7 Å². The van der Waals surface area contributed by atoms with Gasteiger partial charge in [-0.15, -0.1) is 0 Å². The molecule has 3 atom stereocenters. The number of likely N-dealkylation sites (tertiary alicyclic amines) is 1. The molecule has 2 aliphatic heterocycles. The Balaban J connectivity index is 1.85. The number of esters is 1. The smallest absolute Gasteiger partial charge is 0.307 e. The quantitative estimate of drug-likeness (QED) is 0.471. The first-order valence-corrected chi connectivity index (χ1v) is 7.85. The Bertz CT molecular complexity index is 658. The molecule has 0 aromatic rings. The number of rotatable bonds is 4. The molecule has 3 rings (SSSR count). The van der Waals surface area contributed by atoms with Gasteiger partial charge in [-0.05, 0) is 6.08 Å². The molecule has 25 heavy (non-hydrogen) atoms. The number of fused-ring (bicyclic) bond motifs is 1. The number of amides is 2. The molecule has 2 saturated heterocycles. The van der Waals surface area contributed by atoms with Crippen LogP contribution in [-0.2, 0) is 28.8 Å². The molecule has 0 bridgehead atoms. The highest BCUT2D eigenvalue weighted by molar-refractivity contribution is 6.08. The van der Waals surface area contributed by atoms with Gasteiger partial charge < -0.3 is 15.6 Å². The van der Waals surface area contributed by atoms with Crippen LogP contribution in [0.2, 0.25) is 0 Å². The van der Waals surface area contributed by atoms with Crippen LogP contribution in [0.25, 0.3) is 0 Å². The molecule has 2 amide bonds. The van der Waals surface area contributed by atoms with Crippen molar-refractivity contribution >= 4 is 17.8 Å². The average Bonchev–Trinajstić information content (AvgIpc) is 2.81. The second kappa shape index (κ2) is 6.92. The summed E-state index contributed by atoms with van der Waals surface area (Å²) in [7, 11) is 0. The van der Waals surface area contributed by atoms with Gasteiger partial charge in [0.25, 0.3) is 0 Å². The molecule has 2 fully saturated rings. The first-order chi connectivity index (χ1) is 11.9. The largest absolute Gasteiger partial charge is 0.428 e. The van der Waals surface area contributed by atoms with E-state index in [1.54, 1.807) is 0 Å². The predicted octanol–water partition coefficient (Wildman–Crippen LogP) is -1.22. The molecule has 0 aromatic carbocycles. The number of carbonyl (C=O) groups excluding carboxylic acids is 3. The van der Waals surface area contributed by atoms with Crippen molar-refractivity contribution in [1.82, 2.24) is 10.1 Å². The summed E-state index contributed by atoms with van der Waals surface area (Å²) in [5.41, 5.74) is 5.96. The molecule has 0 spiro atoms. The highest BCUT2D eigenvalue weighted by atomic mass is 17.0. The van der Waals surface area contributed by atoms with Crippen LogP contribution in [0.3, 0.4) is 0 Å². The highest BCUT2D eigenvalue weighted by Crippen LogP contribution is 2.39. The number of hydrogen-bond acceptors (Lipinski definition) is 9. The first kappa shape index (κ1) is 17.5. The minimum atomic E-state index is -0.987. The topological polar surface area (TPSA) is 132 Å². The van der Waals surface area contributed by atoms with Crippen LogP contribution < -0.4 is 5.73 Å². The van der Waals surface area contributed by atoms with E-state index >= 15 is 0 Å². The number of imide groups is 1. The monoisotopic (exact) mass is 353 g/mol. The lowest BCUT2D eigenvalue weighted by Crippen LogP contribution is -2.50. The van der Waals surface area contributed by atoms with Gasteiger partial charge in [0.05, 0.1) is 31.4 Å². The van der Waals surface area contributed by atoms with Crippen LogP contribution in [0.1, 0.15) is 13.3 Å². The number of ether oxygens (including phenoxy) is 1. The lowest BCUT2D eigenvalue weighted by molar-refractivity contribution is -0.426. The van der Waals surface area contributed by atoms with Crippen molar-refractivity contribution in [1.29, 1.82) is 0 Å². The molecule has 3 aliphatic rings. The van der Waals surface area contributed by atoms with Crippen LogP contribution in [-0.4, -0.2) is 59.0 Å². The molecule has 1 aliphatic carbocycles. The van der Waals surface area contributed by atoms with E-state index in [0.29, 0.717) is 0 Å². The lowest BCUT2D eigenvalue weighted by atomic mass is 9.88. The summed E-state index contributed by atoms with van der Waals surface area (Å²) in [5.74, 6) is -3.43. The van der Waals surface area contributed by atoms with Gasteiger partial charge in [-0.25, -0.2) is 4.84 Å². The van der Waals surface area contributed by atoms with Crippen LogP contribution in [0.5, 0.6) is 0 Å². The van der Waals surface area contributed by atoms with Crippen LogP contribution in [0.4, 0.5) is 0 Å². The van der Waals surface area contributed by atoms with Crippen molar-refractivity contribution < 1.29 is 33.9 Å². The van der Waals surface area contributed by atoms with Crippen molar-refractivity contribution in [2.24, 2.45) is 17.6 Å². The fourth-order valence-electron chi connectivity index (χ4n) is 3.06. The van der Waals surface area contributed by atoms with E-state index in [1.807, 2.05) is 0 Å². The number of allylic oxidation sites excluding steroid dienone is 1. The molecule has 3 unspecified atom stereocenters. The van der Waals surface area contributed by atoms with E-state index in [9.17, 15) is 14.4 Å². The Labute approximate surface area is 143 Å². The number of hydrogen-bond donors (Lipinski definition) is 2. The molecule has 0 radical (unpaired) electrons. The highest BCUT2D eigenvalue weighted by Gasteiger charge is 2.54. The number of nitrogens with two attached hydrogens (primary N) is 1. The molecular formula is C15H19N3O7. The normalized spacial score (nSPS) is 30.0. The molecule has 2 heterocycles. The maximum atomic E-state index is 12.9. The van der Waals surface area contributed by atoms with E-state index in [-0.39, 0.29) is 37.6 Å². The molecule has 0 aromatic heterocycles. The number of nitrogens with zero attached hydrogens (tertiary/aromatic N) is 2. The van der Waals surface area contributed by atoms with E-state index in [1.165, 1.54) is 19.1 Å². The second-order valence-electron chi connectivity index (χ2n) is 5.78. The number of carbonyl (C=O) groups is 3. The molecule has 136 valence electrons. The summed E-state index contributed by atoms with van der Waals surface area (Å²) < 4.78 is 5.09. The molecular weight excluding hydrogens is 334 g/mol. The van der Waals surface area contributed by atoms with Gasteiger partial charge in [-0.3, -0.25) is 24.1 Å². The van der Waals surface area contributed by atoms with E-state index < -0.39 is 35.8 Å². The molecule has 0 saturated carbocycles. The number of aliphatic hydroxyl groups excluding tert-OH is 1. The third-order valence-electron chi connectivity index (χ3n) is 4.10. The van der Waals surface area contributed by atoms with Gasteiger partial charge in [0.15, 0.2) is 6.23 Å². The summed E-state index contributed by atoms with van der Waals surface area (Å²) in [4.78, 5) is 48.5. The summed E-state index contributed by atoms with van der Waals surface area (Å²) in [5, 5.41) is 10.0. The molecule has 10 heteroatoms. The number of β-amino-alcohol motifs (C(OH)–C–C–N with tert-alkyl or cyclic N) is 1. The predicted molar refractivity (Wildman–Crippen MR) is 80.2 cm³/mol. The average molecular weight is 353 g/mol. The van der Waals surface area contributed by atoms with Gasteiger partial charge in [-0.2, -0.15) is 0 Å². The van der Waals surface area contributed by atoms with Crippen molar-refractivity contribution in [2.45, 2.75) is 19.6 Å². The minimum absolute atomic E-state index is 0.0138. The molecule has 10 nitrogen and oxygen atoms in total. The van der Waals surface area contributed by atoms with Crippen molar-refractivity contribution in [2.75, 3.05) is 19.8 Å². The Morgan fingerprint density at radius 2 is 2.20 bits per heavy atom. The van der Waals surface area contributed by atoms with E-state index in [2.05, 4.69) is 0 Å². The third-order valence-corrected chi connectivity index (χ3v) is 4.10. The molecule has 3 N–H and O–H groups in total. The second-order valence-corrected chi connectivity index (χ2v) is 5.78. The van der Waals surface area contributed by atoms with E-state index in [4.69, 9.17) is 25.3 Å².